The molecule has 0 fully saturated rings. The van der Waals surface area contributed by atoms with Crippen LogP contribution in [0, 0.1) is 0 Å². The van der Waals surface area contributed by atoms with Gasteiger partial charge in [-0.2, -0.15) is 0 Å². The third-order valence-corrected chi connectivity index (χ3v) is 0. The normalized spacial score (nSPS) is 2.86. The van der Waals surface area contributed by atoms with Crippen molar-refractivity contribution in [3.8, 4) is 0 Å². The highest BCUT2D eigenvalue weighted by Gasteiger charge is 0.942. The van der Waals surface area contributed by atoms with Crippen molar-refractivity contribution in [1.82, 2.24) is 0 Å². The van der Waals surface area contributed by atoms with Gasteiger partial charge in [0, 0.05) is 0 Å². The van der Waals surface area contributed by atoms with E-state index in [2.05, 4.69) is 13.2 Å². The summed E-state index contributed by atoms with van der Waals surface area (Å²) < 4.78 is 0. The van der Waals surface area contributed by atoms with Crippen LogP contribution in [-0.4, -0.2) is 0 Å². The highest BCUT2D eigenvalue weighted by Crippen LogP contribution is 1.15. The second-order valence-electron chi connectivity index (χ2n) is 0. The van der Waals surface area contributed by atoms with E-state index in [0.29, 0.717) is 0 Å². The van der Waals surface area contributed by atoms with Gasteiger partial charge in [0.25, 0.3) is 0 Å². The molecule has 0 aliphatic rings. The molecule has 0 aromatic heterocycles. The molecule has 0 heteroatoms. The van der Waals surface area contributed by atoms with Gasteiger partial charge in [0.2, 0.25) is 0 Å². The average molecular weight is 208 g/mol. The summed E-state index contributed by atoms with van der Waals surface area (Å²) in [4.78, 5) is 0. The van der Waals surface area contributed by atoms with Crippen LogP contribution in [0.5, 0.6) is 0 Å². The lowest BCUT2D eigenvalue weighted by molar-refractivity contribution is 1.50. The molecule has 0 heterocycles. The minimum atomic E-state index is 2.00. The fourth-order valence-electron chi connectivity index (χ4n) is 0. The SMILES string of the molecule is C=C.CC.CC.CC.CC.CC.CC. The molecule has 0 saturated carbocycles. The summed E-state index contributed by atoms with van der Waals surface area (Å²) in [5.41, 5.74) is 0. The first-order valence-corrected chi connectivity index (χ1v) is 6.50. The van der Waals surface area contributed by atoms with Crippen LogP contribution >= 0.6 is 0 Å². The van der Waals surface area contributed by atoms with Gasteiger partial charge in [-0.25, -0.2) is 0 Å². The van der Waals surface area contributed by atoms with Gasteiger partial charge in [0.15, 0.2) is 0 Å². The largest absolute Gasteiger partial charge is 0.106 e. The molecule has 0 unspecified atom stereocenters. The zero-order chi connectivity index (χ0) is 14.0. The van der Waals surface area contributed by atoms with E-state index in [1.165, 1.54) is 0 Å². The quantitative estimate of drug-likeness (QED) is 0.377. The fraction of sp³-hybridized carbons (Fsp3) is 0.857. The van der Waals surface area contributed by atoms with Crippen molar-refractivity contribution in [2.45, 2.75) is 83.1 Å². The van der Waals surface area contributed by atoms with Gasteiger partial charge in [-0.1, -0.05) is 83.1 Å². The predicted molar refractivity (Wildman–Crippen MR) is 79.3 cm³/mol. The van der Waals surface area contributed by atoms with Gasteiger partial charge in [-0.15, -0.1) is 13.2 Å². The van der Waals surface area contributed by atoms with Crippen LogP contribution in [0.3, 0.4) is 0 Å². The van der Waals surface area contributed by atoms with Crippen molar-refractivity contribution in [1.29, 1.82) is 0 Å². The summed E-state index contributed by atoms with van der Waals surface area (Å²) >= 11 is 0. The lowest BCUT2D eigenvalue weighted by Crippen LogP contribution is -0.856. The Labute approximate surface area is 96.8 Å². The van der Waals surface area contributed by atoms with Crippen molar-refractivity contribution >= 4 is 0 Å². The standard InChI is InChI=1S/6C2H6.C2H4/c7*1-2/h6*1-2H3;1-2H2. The predicted octanol–water partition coefficient (Wildman–Crippen LogP) is 6.96. The van der Waals surface area contributed by atoms with Crippen molar-refractivity contribution < 1.29 is 0 Å². The van der Waals surface area contributed by atoms with Gasteiger partial charge < -0.3 is 0 Å². The van der Waals surface area contributed by atoms with Crippen molar-refractivity contribution in [3.05, 3.63) is 13.2 Å². The second-order valence-corrected chi connectivity index (χ2v) is 0. The molecule has 0 nitrogen and oxygen atoms in total. The van der Waals surface area contributed by atoms with Gasteiger partial charge in [0.1, 0.15) is 0 Å². The Kier molecular flexibility index (Phi) is 91100. The second kappa shape index (κ2) is 26000. The molecule has 0 saturated heterocycles. The maximum atomic E-state index is 3.00. The Morgan fingerprint density at radius 3 is 0.286 bits per heavy atom. The van der Waals surface area contributed by atoms with Crippen molar-refractivity contribution in [2.75, 3.05) is 0 Å². The molecule has 96 valence electrons. The first-order chi connectivity index (χ1) is 7.00. The Bertz CT molecular complexity index is 0. The third kappa shape index (κ3) is 20000. The summed E-state index contributed by atoms with van der Waals surface area (Å²) in [5.74, 6) is 0. The molecule has 0 N–H and O–H groups in total. The fourth-order valence-corrected chi connectivity index (χ4v) is 0. The molecule has 0 aliphatic carbocycles. The molecular weight excluding hydrogens is 168 g/mol. The maximum absolute atomic E-state index is 3.00. The molecule has 0 rings (SSSR count). The third-order valence-electron chi connectivity index (χ3n) is 0. The van der Waals surface area contributed by atoms with E-state index in [1.54, 1.807) is 0 Å². The molecular formula is C14H40. The van der Waals surface area contributed by atoms with Crippen LogP contribution < -0.4 is 0 Å². The lowest BCUT2D eigenvalue weighted by Gasteiger charge is -1.07. The van der Waals surface area contributed by atoms with Gasteiger partial charge in [0.05, 0.1) is 0 Å². The number of rotatable bonds is 0. The van der Waals surface area contributed by atoms with Crippen molar-refractivity contribution in [3.63, 3.8) is 0 Å². The first kappa shape index (κ1) is 49.1. The maximum Gasteiger partial charge on any atom is -0.0683 e. The zero-order valence-electron chi connectivity index (χ0n) is 13.4. The van der Waals surface area contributed by atoms with Gasteiger partial charge >= 0.3 is 0 Å². The first-order valence-electron chi connectivity index (χ1n) is 6.50. The summed E-state index contributed by atoms with van der Waals surface area (Å²) in [6, 6.07) is 0. The molecule has 0 amide bonds. The van der Waals surface area contributed by atoms with E-state index < -0.39 is 0 Å². The highest BCUT2D eigenvalue weighted by atomic mass is 13.0. The van der Waals surface area contributed by atoms with E-state index in [1.807, 2.05) is 83.1 Å². The lowest BCUT2D eigenvalue weighted by atomic mass is 11.0. The number of hydrogen-bond donors (Lipinski definition) is 0. The van der Waals surface area contributed by atoms with E-state index in [0.717, 1.165) is 0 Å². The minimum absolute atomic E-state index is 2.00. The molecule has 0 aliphatic heterocycles. The molecule has 0 atom stereocenters. The summed E-state index contributed by atoms with van der Waals surface area (Å²) in [7, 11) is 0. The van der Waals surface area contributed by atoms with Crippen LogP contribution in [-0.2, 0) is 0 Å². The molecule has 0 spiro atoms. The zero-order valence-corrected chi connectivity index (χ0v) is 13.4. The van der Waals surface area contributed by atoms with Crippen LogP contribution in [0.25, 0.3) is 0 Å². The van der Waals surface area contributed by atoms with Crippen LogP contribution in [0.2, 0.25) is 0 Å². The van der Waals surface area contributed by atoms with Gasteiger partial charge in [-0.05, 0) is 0 Å². The highest BCUT2D eigenvalue weighted by molar-refractivity contribution is 4.22. The molecule has 14 heavy (non-hydrogen) atoms. The Morgan fingerprint density at radius 2 is 0.286 bits per heavy atom. The monoisotopic (exact) mass is 208 g/mol. The molecule has 0 bridgehead atoms. The van der Waals surface area contributed by atoms with E-state index in [4.69, 9.17) is 0 Å². The minimum Gasteiger partial charge on any atom is -0.106 e. The van der Waals surface area contributed by atoms with E-state index >= 15 is 0 Å². The number of hydrogen-bond acceptors (Lipinski definition) is 0. The molecule has 0 radical (unpaired) electrons. The Morgan fingerprint density at radius 1 is 0.286 bits per heavy atom. The van der Waals surface area contributed by atoms with Crippen LogP contribution in [0.15, 0.2) is 13.2 Å². The van der Waals surface area contributed by atoms with Crippen LogP contribution in [0.1, 0.15) is 83.1 Å². The summed E-state index contributed by atoms with van der Waals surface area (Å²) in [6.07, 6.45) is 0. The molecule has 0 aromatic rings. The molecule has 0 aromatic carbocycles. The van der Waals surface area contributed by atoms with E-state index in [-0.39, 0.29) is 0 Å². The topological polar surface area (TPSA) is 0 Å². The van der Waals surface area contributed by atoms with Crippen molar-refractivity contribution in [2.24, 2.45) is 0 Å². The Hall–Kier alpha value is -0.260. The van der Waals surface area contributed by atoms with Gasteiger partial charge in [-0.3, -0.25) is 0 Å². The van der Waals surface area contributed by atoms with Crippen LogP contribution in [0.4, 0.5) is 0 Å². The average Bonchev–Trinajstić information content (AvgIpc) is 2.45. The smallest absolute Gasteiger partial charge is 0.0683 e. The summed E-state index contributed by atoms with van der Waals surface area (Å²) in [5, 5.41) is 0. The van der Waals surface area contributed by atoms with E-state index in [9.17, 15) is 0 Å². The summed E-state index contributed by atoms with van der Waals surface area (Å²) in [6.45, 7) is 30.0. The Balaban J connectivity index is -0.00000000817.